The zero-order chi connectivity index (χ0) is 16.0. The lowest BCUT2D eigenvalue weighted by molar-refractivity contribution is -0.130. The second-order valence-corrected chi connectivity index (χ2v) is 6.90. The van der Waals surface area contributed by atoms with Crippen LogP contribution < -0.4 is 5.32 Å². The van der Waals surface area contributed by atoms with Crippen molar-refractivity contribution in [1.82, 2.24) is 20.0 Å². The molecule has 21 heavy (non-hydrogen) atoms. The normalized spacial score (nSPS) is 17.5. The topological polar surface area (TPSA) is 55.9 Å². The third-order valence-electron chi connectivity index (χ3n) is 3.57. The summed E-state index contributed by atoms with van der Waals surface area (Å²) >= 11 is 0. The molecule has 0 bridgehead atoms. The Kier molecular flexibility index (Phi) is 6.61. The molecule has 1 rings (SSSR count). The summed E-state index contributed by atoms with van der Waals surface area (Å²) in [5.74, 6) is 0.259. The number of hydrogen-bond acceptors (Lipinski definition) is 4. The van der Waals surface area contributed by atoms with E-state index in [9.17, 15) is 9.59 Å². The quantitative estimate of drug-likeness (QED) is 0.793. The molecule has 0 aliphatic carbocycles. The van der Waals surface area contributed by atoms with Crippen molar-refractivity contribution in [1.29, 1.82) is 0 Å². The van der Waals surface area contributed by atoms with E-state index in [1.165, 1.54) is 0 Å². The monoisotopic (exact) mass is 298 g/mol. The third kappa shape index (κ3) is 6.91. The van der Waals surface area contributed by atoms with Crippen LogP contribution in [0.4, 0.5) is 0 Å². The highest BCUT2D eigenvalue weighted by molar-refractivity contribution is 5.78. The summed E-state index contributed by atoms with van der Waals surface area (Å²) in [7, 11) is 3.54. The van der Waals surface area contributed by atoms with Gasteiger partial charge in [0.25, 0.3) is 0 Å². The van der Waals surface area contributed by atoms with E-state index in [1.807, 2.05) is 4.90 Å². The summed E-state index contributed by atoms with van der Waals surface area (Å²) in [6.45, 7) is 10.1. The van der Waals surface area contributed by atoms with Crippen molar-refractivity contribution in [2.75, 3.05) is 53.4 Å². The first-order valence-electron chi connectivity index (χ1n) is 7.64. The van der Waals surface area contributed by atoms with Gasteiger partial charge in [-0.2, -0.15) is 0 Å². The van der Waals surface area contributed by atoms with Crippen LogP contribution in [-0.2, 0) is 9.59 Å². The van der Waals surface area contributed by atoms with E-state index in [1.54, 1.807) is 19.0 Å². The lowest BCUT2D eigenvalue weighted by atomic mass is 10.1. The van der Waals surface area contributed by atoms with Crippen molar-refractivity contribution >= 4 is 11.8 Å². The number of nitrogens with zero attached hydrogens (tertiary/aromatic N) is 3. The number of carbonyl (C=O) groups is 2. The highest BCUT2D eigenvalue weighted by Gasteiger charge is 2.21. The lowest BCUT2D eigenvalue weighted by Gasteiger charge is -2.25. The molecular formula is C15H30N4O2. The van der Waals surface area contributed by atoms with Gasteiger partial charge in [-0.05, 0) is 27.2 Å². The molecule has 1 aliphatic rings. The van der Waals surface area contributed by atoms with Gasteiger partial charge in [-0.1, -0.05) is 0 Å². The van der Waals surface area contributed by atoms with Gasteiger partial charge in [0.15, 0.2) is 0 Å². The summed E-state index contributed by atoms with van der Waals surface area (Å²) in [5.41, 5.74) is -0.0499. The maximum Gasteiger partial charge on any atom is 0.236 e. The van der Waals surface area contributed by atoms with Gasteiger partial charge in [0, 0.05) is 45.8 Å². The van der Waals surface area contributed by atoms with Crippen molar-refractivity contribution < 1.29 is 9.59 Å². The number of hydrogen-bond donors (Lipinski definition) is 1. The van der Waals surface area contributed by atoms with E-state index >= 15 is 0 Å². The Morgan fingerprint density at radius 1 is 1.10 bits per heavy atom. The van der Waals surface area contributed by atoms with Crippen molar-refractivity contribution in [3.05, 3.63) is 0 Å². The molecule has 0 aromatic carbocycles. The zero-order valence-corrected chi connectivity index (χ0v) is 14.1. The molecule has 2 amide bonds. The van der Waals surface area contributed by atoms with Crippen LogP contribution in [0.25, 0.3) is 0 Å². The molecule has 122 valence electrons. The van der Waals surface area contributed by atoms with E-state index in [-0.39, 0.29) is 17.4 Å². The lowest BCUT2D eigenvalue weighted by Crippen LogP contribution is -2.46. The molecule has 1 N–H and O–H groups in total. The molecule has 0 unspecified atom stereocenters. The summed E-state index contributed by atoms with van der Waals surface area (Å²) < 4.78 is 0. The predicted molar refractivity (Wildman–Crippen MR) is 84.1 cm³/mol. The van der Waals surface area contributed by atoms with E-state index in [4.69, 9.17) is 0 Å². The molecule has 0 radical (unpaired) electrons. The van der Waals surface area contributed by atoms with Crippen LogP contribution in [0.5, 0.6) is 0 Å². The predicted octanol–water partition coefficient (Wildman–Crippen LogP) is -0.00300. The standard InChI is InChI=1S/C15H30N4O2/c1-15(2,3)16-11-13(20)19-8-6-7-18(9-10-19)12-14(21)17(4)5/h16H,6-12H2,1-5H3. The first-order valence-corrected chi connectivity index (χ1v) is 7.64. The number of nitrogens with one attached hydrogen (secondary N) is 1. The largest absolute Gasteiger partial charge is 0.348 e. The van der Waals surface area contributed by atoms with Gasteiger partial charge in [0.2, 0.25) is 11.8 Å². The smallest absolute Gasteiger partial charge is 0.236 e. The van der Waals surface area contributed by atoms with Crippen LogP contribution in [-0.4, -0.2) is 85.4 Å². The fourth-order valence-electron chi connectivity index (χ4n) is 2.16. The first-order chi connectivity index (χ1) is 9.69. The van der Waals surface area contributed by atoms with Gasteiger partial charge in [-0.25, -0.2) is 0 Å². The minimum atomic E-state index is -0.0499. The van der Waals surface area contributed by atoms with E-state index in [0.717, 1.165) is 26.1 Å². The summed E-state index contributed by atoms with van der Waals surface area (Å²) in [6, 6.07) is 0. The fourth-order valence-corrected chi connectivity index (χ4v) is 2.16. The van der Waals surface area contributed by atoms with E-state index in [0.29, 0.717) is 19.6 Å². The molecule has 1 fully saturated rings. The molecule has 1 heterocycles. The molecule has 6 nitrogen and oxygen atoms in total. The Hall–Kier alpha value is -1.14. The van der Waals surface area contributed by atoms with Gasteiger partial charge in [0.1, 0.15) is 0 Å². The summed E-state index contributed by atoms with van der Waals surface area (Å²) in [4.78, 5) is 29.6. The Labute approximate surface area is 128 Å². The van der Waals surface area contributed by atoms with Gasteiger partial charge in [-0.15, -0.1) is 0 Å². The number of rotatable bonds is 4. The second-order valence-electron chi connectivity index (χ2n) is 6.90. The Bertz CT molecular complexity index is 363. The van der Waals surface area contributed by atoms with Crippen LogP contribution in [0.2, 0.25) is 0 Å². The molecular weight excluding hydrogens is 268 g/mol. The highest BCUT2D eigenvalue weighted by Crippen LogP contribution is 2.05. The molecule has 1 aliphatic heterocycles. The van der Waals surface area contributed by atoms with Crippen molar-refractivity contribution in [2.45, 2.75) is 32.7 Å². The van der Waals surface area contributed by atoms with Gasteiger partial charge in [-0.3, -0.25) is 14.5 Å². The van der Waals surface area contributed by atoms with Crippen LogP contribution in [0, 0.1) is 0 Å². The summed E-state index contributed by atoms with van der Waals surface area (Å²) in [6.07, 6.45) is 0.919. The maximum atomic E-state index is 12.2. The Morgan fingerprint density at radius 3 is 2.33 bits per heavy atom. The van der Waals surface area contributed by atoms with Crippen LogP contribution in [0.15, 0.2) is 0 Å². The molecule has 0 spiro atoms. The number of carbonyl (C=O) groups excluding carboxylic acids is 2. The Balaban J connectivity index is 2.41. The average Bonchev–Trinajstić information content (AvgIpc) is 2.60. The second kappa shape index (κ2) is 7.75. The van der Waals surface area contributed by atoms with Crippen LogP contribution in [0.3, 0.4) is 0 Å². The van der Waals surface area contributed by atoms with Gasteiger partial charge >= 0.3 is 0 Å². The molecule has 1 saturated heterocycles. The molecule has 6 heteroatoms. The van der Waals surface area contributed by atoms with E-state index in [2.05, 4.69) is 31.0 Å². The highest BCUT2D eigenvalue weighted by atomic mass is 16.2. The maximum absolute atomic E-state index is 12.2. The summed E-state index contributed by atoms with van der Waals surface area (Å²) in [5, 5.41) is 3.23. The zero-order valence-electron chi connectivity index (χ0n) is 14.1. The Morgan fingerprint density at radius 2 is 1.76 bits per heavy atom. The van der Waals surface area contributed by atoms with Crippen LogP contribution >= 0.6 is 0 Å². The van der Waals surface area contributed by atoms with Gasteiger partial charge < -0.3 is 15.1 Å². The number of amides is 2. The molecule has 0 aromatic heterocycles. The van der Waals surface area contributed by atoms with Crippen LogP contribution in [0.1, 0.15) is 27.2 Å². The SMILES string of the molecule is CN(C)C(=O)CN1CCCN(C(=O)CNC(C)(C)C)CC1. The van der Waals surface area contributed by atoms with Crippen molar-refractivity contribution in [3.8, 4) is 0 Å². The molecule has 0 aromatic rings. The third-order valence-corrected chi connectivity index (χ3v) is 3.57. The minimum absolute atomic E-state index is 0.0499. The fraction of sp³-hybridized carbons (Fsp3) is 0.867. The average molecular weight is 298 g/mol. The first kappa shape index (κ1) is 17.9. The van der Waals surface area contributed by atoms with E-state index < -0.39 is 0 Å². The van der Waals surface area contributed by atoms with Crippen molar-refractivity contribution in [2.24, 2.45) is 0 Å². The minimum Gasteiger partial charge on any atom is -0.348 e. The molecule has 0 atom stereocenters. The number of likely N-dealkylation sites (N-methyl/N-ethyl adjacent to an activating group) is 1. The van der Waals surface area contributed by atoms with Gasteiger partial charge in [0.05, 0.1) is 13.1 Å². The van der Waals surface area contributed by atoms with Crippen molar-refractivity contribution in [3.63, 3.8) is 0 Å². The molecule has 0 saturated carbocycles.